The van der Waals surface area contributed by atoms with E-state index in [-0.39, 0.29) is 17.8 Å². The molecule has 0 atom stereocenters. The number of carbonyl (C=O) groups is 2. The predicted molar refractivity (Wildman–Crippen MR) is 98.5 cm³/mol. The highest BCUT2D eigenvalue weighted by Gasteiger charge is 2.39. The Bertz CT molecular complexity index is 869. The summed E-state index contributed by atoms with van der Waals surface area (Å²) >= 11 is 0. The van der Waals surface area contributed by atoms with Gasteiger partial charge in [-0.2, -0.15) is 5.10 Å². The van der Waals surface area contributed by atoms with Gasteiger partial charge in [0, 0.05) is 17.8 Å². The minimum absolute atomic E-state index is 0.0575. The van der Waals surface area contributed by atoms with Crippen molar-refractivity contribution in [2.45, 2.75) is 46.0 Å². The number of carboxylic acid groups (broad SMARTS) is 1. The fraction of sp³-hybridized carbons (Fsp3) is 0.450. The summed E-state index contributed by atoms with van der Waals surface area (Å²) in [6.07, 6.45) is 3.80. The van der Waals surface area contributed by atoms with E-state index in [2.05, 4.69) is 10.4 Å². The molecule has 0 aliphatic heterocycles. The van der Waals surface area contributed by atoms with Gasteiger partial charge in [-0.1, -0.05) is 19.3 Å². The van der Waals surface area contributed by atoms with Crippen molar-refractivity contribution < 1.29 is 19.1 Å². The van der Waals surface area contributed by atoms with Crippen LogP contribution in [0.1, 0.15) is 53.8 Å². The third-order valence-corrected chi connectivity index (χ3v) is 5.30. The van der Waals surface area contributed by atoms with E-state index in [0.29, 0.717) is 12.8 Å². The third-order valence-electron chi connectivity index (χ3n) is 5.30. The van der Waals surface area contributed by atoms with Crippen molar-refractivity contribution in [3.8, 4) is 5.69 Å². The fourth-order valence-electron chi connectivity index (χ4n) is 3.74. The predicted octanol–water partition coefficient (Wildman–Crippen LogP) is 3.39. The zero-order valence-electron chi connectivity index (χ0n) is 15.6. The summed E-state index contributed by atoms with van der Waals surface area (Å²) in [5.41, 5.74) is 1.08. The van der Waals surface area contributed by atoms with E-state index in [4.69, 9.17) is 0 Å². The Balaban J connectivity index is 1.74. The molecule has 0 radical (unpaired) electrons. The van der Waals surface area contributed by atoms with Gasteiger partial charge in [-0.15, -0.1) is 0 Å². The molecular weight excluding hydrogens is 349 g/mol. The maximum Gasteiger partial charge on any atom is 0.311 e. The number of nitrogens with zero attached hydrogens (tertiary/aromatic N) is 2. The first kappa shape index (κ1) is 19.1. The van der Waals surface area contributed by atoms with Crippen molar-refractivity contribution in [2.24, 2.45) is 5.41 Å². The molecule has 1 amide bonds. The highest BCUT2D eigenvalue weighted by Crippen LogP contribution is 2.36. The largest absolute Gasteiger partial charge is 0.481 e. The molecule has 144 valence electrons. The number of carboxylic acids is 1. The van der Waals surface area contributed by atoms with Crippen molar-refractivity contribution in [1.29, 1.82) is 0 Å². The molecule has 6 nitrogen and oxygen atoms in total. The van der Waals surface area contributed by atoms with E-state index in [1.54, 1.807) is 0 Å². The number of halogens is 1. The first-order valence-electron chi connectivity index (χ1n) is 9.17. The summed E-state index contributed by atoms with van der Waals surface area (Å²) in [5, 5.41) is 16.5. The zero-order chi connectivity index (χ0) is 19.6. The van der Waals surface area contributed by atoms with Crippen LogP contribution in [0.2, 0.25) is 0 Å². The van der Waals surface area contributed by atoms with Crippen LogP contribution in [0.5, 0.6) is 0 Å². The molecule has 3 rings (SSSR count). The van der Waals surface area contributed by atoms with Crippen LogP contribution < -0.4 is 5.32 Å². The molecule has 27 heavy (non-hydrogen) atoms. The molecule has 1 saturated carbocycles. The second-order valence-electron chi connectivity index (χ2n) is 7.33. The molecule has 0 bridgehead atoms. The van der Waals surface area contributed by atoms with Crippen LogP contribution in [0.15, 0.2) is 24.3 Å². The van der Waals surface area contributed by atoms with Gasteiger partial charge in [0.15, 0.2) is 0 Å². The number of aromatic nitrogens is 2. The lowest BCUT2D eigenvalue weighted by Crippen LogP contribution is -2.44. The van der Waals surface area contributed by atoms with E-state index in [1.165, 1.54) is 16.8 Å². The van der Waals surface area contributed by atoms with E-state index < -0.39 is 23.1 Å². The van der Waals surface area contributed by atoms with Crippen molar-refractivity contribution in [3.63, 3.8) is 0 Å². The number of hydrogen-bond acceptors (Lipinski definition) is 3. The van der Waals surface area contributed by atoms with Gasteiger partial charge in [-0.05, 0) is 51.0 Å². The van der Waals surface area contributed by atoms with Crippen LogP contribution in [-0.4, -0.2) is 33.3 Å². The molecule has 2 aromatic rings. The van der Waals surface area contributed by atoms with Gasteiger partial charge in [0.05, 0.1) is 11.1 Å². The summed E-state index contributed by atoms with van der Waals surface area (Å²) in [7, 11) is 0. The molecule has 1 aromatic carbocycles. The molecule has 1 heterocycles. The lowest BCUT2D eigenvalue weighted by molar-refractivity contribution is -0.150. The molecule has 1 aromatic heterocycles. The van der Waals surface area contributed by atoms with E-state index in [0.717, 1.165) is 36.7 Å². The lowest BCUT2D eigenvalue weighted by atomic mass is 9.74. The van der Waals surface area contributed by atoms with Gasteiger partial charge >= 0.3 is 5.97 Å². The minimum Gasteiger partial charge on any atom is -0.481 e. The van der Waals surface area contributed by atoms with E-state index >= 15 is 0 Å². The van der Waals surface area contributed by atoms with Gasteiger partial charge in [0.2, 0.25) is 0 Å². The fourth-order valence-corrected chi connectivity index (χ4v) is 3.74. The Kier molecular flexibility index (Phi) is 5.30. The average molecular weight is 373 g/mol. The molecule has 0 saturated heterocycles. The number of benzene rings is 1. The summed E-state index contributed by atoms with van der Waals surface area (Å²) in [4.78, 5) is 24.1. The maximum absolute atomic E-state index is 14.5. The zero-order valence-corrected chi connectivity index (χ0v) is 15.6. The summed E-state index contributed by atoms with van der Waals surface area (Å²) in [5.74, 6) is -1.91. The standard InChI is InChI=1S/C20H24FN3O3/c1-13-10-14(2)24(23-13)17-7-6-15(11-16(17)21)18(25)22-12-20(19(26)27)8-4-3-5-9-20/h6-7,10-11H,3-5,8-9,12H2,1-2H3,(H,22,25)(H,26,27). The Labute approximate surface area is 157 Å². The normalized spacial score (nSPS) is 16.1. The first-order valence-corrected chi connectivity index (χ1v) is 9.17. The Morgan fingerprint density at radius 2 is 1.93 bits per heavy atom. The van der Waals surface area contributed by atoms with Crippen LogP contribution >= 0.6 is 0 Å². The summed E-state index contributed by atoms with van der Waals surface area (Å²) < 4.78 is 16.0. The van der Waals surface area contributed by atoms with Gasteiger partial charge < -0.3 is 10.4 Å². The molecule has 1 aliphatic carbocycles. The van der Waals surface area contributed by atoms with Crippen molar-refractivity contribution in [2.75, 3.05) is 6.54 Å². The Morgan fingerprint density at radius 1 is 1.22 bits per heavy atom. The number of amides is 1. The van der Waals surface area contributed by atoms with Crippen LogP contribution in [0.3, 0.4) is 0 Å². The number of carbonyl (C=O) groups excluding carboxylic acids is 1. The number of aryl methyl sites for hydroxylation is 2. The molecule has 2 N–H and O–H groups in total. The van der Waals surface area contributed by atoms with Crippen molar-refractivity contribution in [3.05, 3.63) is 47.0 Å². The lowest BCUT2D eigenvalue weighted by Gasteiger charge is -2.33. The third kappa shape index (κ3) is 3.86. The van der Waals surface area contributed by atoms with Crippen LogP contribution in [-0.2, 0) is 4.79 Å². The maximum atomic E-state index is 14.5. The minimum atomic E-state index is -0.921. The number of rotatable bonds is 5. The second kappa shape index (κ2) is 7.50. The van der Waals surface area contributed by atoms with Crippen molar-refractivity contribution in [1.82, 2.24) is 15.1 Å². The molecule has 1 aliphatic rings. The van der Waals surface area contributed by atoms with Crippen LogP contribution in [0.25, 0.3) is 5.69 Å². The quantitative estimate of drug-likeness (QED) is 0.841. The van der Waals surface area contributed by atoms with Gasteiger partial charge in [0.1, 0.15) is 11.5 Å². The summed E-state index contributed by atoms with van der Waals surface area (Å²) in [6.45, 7) is 3.71. The first-order chi connectivity index (χ1) is 12.8. The highest BCUT2D eigenvalue weighted by molar-refractivity contribution is 5.94. The molecule has 7 heteroatoms. The van der Waals surface area contributed by atoms with Gasteiger partial charge in [0.25, 0.3) is 5.91 Å². The Morgan fingerprint density at radius 3 is 2.48 bits per heavy atom. The topological polar surface area (TPSA) is 84.2 Å². The van der Waals surface area contributed by atoms with E-state index in [1.807, 2.05) is 19.9 Å². The molecular formula is C20H24FN3O3. The molecule has 0 spiro atoms. The Hall–Kier alpha value is -2.70. The van der Waals surface area contributed by atoms with E-state index in [9.17, 15) is 19.1 Å². The number of hydrogen-bond donors (Lipinski definition) is 2. The van der Waals surface area contributed by atoms with Crippen LogP contribution in [0.4, 0.5) is 4.39 Å². The van der Waals surface area contributed by atoms with Gasteiger partial charge in [-0.3, -0.25) is 9.59 Å². The smallest absolute Gasteiger partial charge is 0.311 e. The number of aliphatic carboxylic acids is 1. The average Bonchev–Trinajstić information content (AvgIpc) is 2.98. The van der Waals surface area contributed by atoms with Crippen molar-refractivity contribution >= 4 is 11.9 Å². The van der Waals surface area contributed by atoms with Crippen LogP contribution in [0, 0.1) is 25.1 Å². The summed E-state index contributed by atoms with van der Waals surface area (Å²) in [6, 6.07) is 6.04. The molecule has 0 unspecified atom stereocenters. The number of nitrogens with one attached hydrogen (secondary N) is 1. The molecule has 1 fully saturated rings. The second-order valence-corrected chi connectivity index (χ2v) is 7.33. The monoisotopic (exact) mass is 373 g/mol. The highest BCUT2D eigenvalue weighted by atomic mass is 19.1. The van der Waals surface area contributed by atoms with Gasteiger partial charge in [-0.25, -0.2) is 9.07 Å². The SMILES string of the molecule is Cc1cc(C)n(-c2ccc(C(=O)NCC3(C(=O)O)CCCCC3)cc2F)n1.